The van der Waals surface area contributed by atoms with Crippen molar-refractivity contribution in [3.05, 3.63) is 21.4 Å². The topological polar surface area (TPSA) is 29.1 Å². The number of hydrogen-bond donors (Lipinski definition) is 1. The minimum Gasteiger partial charge on any atom is -0.338 e. The number of thiophene rings is 1. The van der Waals surface area contributed by atoms with Crippen LogP contribution in [0.1, 0.15) is 60.6 Å². The summed E-state index contributed by atoms with van der Waals surface area (Å²) >= 11 is 1.27. The highest BCUT2D eigenvalue weighted by molar-refractivity contribution is 7.14. The van der Waals surface area contributed by atoms with Gasteiger partial charge in [-0.2, -0.15) is 13.2 Å². The maximum absolute atomic E-state index is 12.8. The third-order valence-electron chi connectivity index (χ3n) is 3.11. The summed E-state index contributed by atoms with van der Waals surface area (Å²) in [5.41, 5.74) is -1.21. The normalized spacial score (nSPS) is 12.8. The van der Waals surface area contributed by atoms with Crippen LogP contribution >= 0.6 is 11.3 Å². The zero-order chi connectivity index (χ0) is 15.7. The molecule has 0 saturated carbocycles. The van der Waals surface area contributed by atoms with Crippen molar-refractivity contribution < 1.29 is 18.0 Å². The number of carbonyl (C=O) groups is 1. The zero-order valence-corrected chi connectivity index (χ0v) is 13.1. The summed E-state index contributed by atoms with van der Waals surface area (Å²) in [6, 6.07) is 1.70. The van der Waals surface area contributed by atoms with Gasteiger partial charge in [0.05, 0.1) is 4.88 Å². The Labute approximate surface area is 121 Å². The molecule has 1 aromatic heterocycles. The molecule has 1 rings (SSSR count). The lowest BCUT2D eigenvalue weighted by Gasteiger charge is -2.28. The Morgan fingerprint density at radius 1 is 1.35 bits per heavy atom. The van der Waals surface area contributed by atoms with E-state index in [2.05, 4.69) is 5.32 Å². The van der Waals surface area contributed by atoms with Gasteiger partial charge in [-0.05, 0) is 37.8 Å². The van der Waals surface area contributed by atoms with E-state index in [0.29, 0.717) is 4.88 Å². The predicted molar refractivity (Wildman–Crippen MR) is 75.4 cm³/mol. The van der Waals surface area contributed by atoms with Crippen molar-refractivity contribution in [2.24, 2.45) is 0 Å². The fraction of sp³-hybridized carbons (Fsp3) is 0.643. The maximum Gasteiger partial charge on any atom is 0.410 e. The zero-order valence-electron chi connectivity index (χ0n) is 12.3. The van der Waals surface area contributed by atoms with E-state index in [0.717, 1.165) is 30.7 Å². The van der Waals surface area contributed by atoms with E-state index >= 15 is 0 Å². The lowest BCUT2D eigenvalue weighted by molar-refractivity contribution is -0.182. The van der Waals surface area contributed by atoms with Gasteiger partial charge in [0.25, 0.3) is 5.91 Å². The molecule has 2 nitrogen and oxygen atoms in total. The molecule has 0 aliphatic carbocycles. The van der Waals surface area contributed by atoms with Crippen molar-refractivity contribution in [2.75, 3.05) is 0 Å². The second kappa shape index (κ2) is 5.76. The lowest BCUT2D eigenvalue weighted by atomic mass is 10.0. The molecule has 1 amide bonds. The Kier molecular flexibility index (Phi) is 4.90. The van der Waals surface area contributed by atoms with Gasteiger partial charge in [-0.15, -0.1) is 11.3 Å². The van der Waals surface area contributed by atoms with Gasteiger partial charge in [0.2, 0.25) is 0 Å². The molecular weight excluding hydrogens is 287 g/mol. The van der Waals surface area contributed by atoms with Crippen LogP contribution in [0.4, 0.5) is 13.2 Å². The lowest BCUT2D eigenvalue weighted by Crippen LogP contribution is -2.54. The summed E-state index contributed by atoms with van der Waals surface area (Å²) in [7, 11) is 0. The van der Waals surface area contributed by atoms with Gasteiger partial charge in [0, 0.05) is 4.88 Å². The van der Waals surface area contributed by atoms with E-state index in [1.54, 1.807) is 6.07 Å². The Morgan fingerprint density at radius 3 is 2.25 bits per heavy atom. The molecule has 0 spiro atoms. The fourth-order valence-corrected chi connectivity index (χ4v) is 2.89. The minimum atomic E-state index is -4.48. The molecule has 0 atom stereocenters. The highest BCUT2D eigenvalue weighted by atomic mass is 32.1. The van der Waals surface area contributed by atoms with Gasteiger partial charge >= 0.3 is 6.18 Å². The third-order valence-corrected chi connectivity index (χ3v) is 4.58. The number of alkyl halides is 3. The van der Waals surface area contributed by atoms with E-state index in [9.17, 15) is 18.0 Å². The number of amides is 1. The number of hydrogen-bond acceptors (Lipinski definition) is 2. The molecule has 0 aromatic carbocycles. The second-order valence-corrected chi connectivity index (χ2v) is 6.67. The first-order chi connectivity index (χ1) is 8.99. The second-order valence-electron chi connectivity index (χ2n) is 5.59. The monoisotopic (exact) mass is 307 g/mol. The summed E-state index contributed by atoms with van der Waals surface area (Å²) in [4.78, 5) is 13.4. The summed E-state index contributed by atoms with van der Waals surface area (Å²) < 4.78 is 38.3. The maximum atomic E-state index is 12.8. The predicted octanol–water partition coefficient (Wildman–Crippen LogP) is 4.50. The minimum absolute atomic E-state index is 0.257. The molecule has 0 bridgehead atoms. The first-order valence-corrected chi connectivity index (χ1v) is 7.33. The van der Waals surface area contributed by atoms with Gasteiger partial charge in [-0.3, -0.25) is 4.79 Å². The molecule has 1 aromatic rings. The molecule has 20 heavy (non-hydrogen) atoms. The molecule has 0 aliphatic heterocycles. The Hall–Kier alpha value is -1.04. The first kappa shape index (κ1) is 17.0. The van der Waals surface area contributed by atoms with Gasteiger partial charge in [-0.1, -0.05) is 20.8 Å². The summed E-state index contributed by atoms with van der Waals surface area (Å²) in [6.45, 7) is 7.90. The SMILES string of the molecule is CCc1cc(C(=O)NC(C)(C)C(F)(F)F)sc1C(C)C. The van der Waals surface area contributed by atoms with Crippen LogP contribution in [0.15, 0.2) is 6.07 Å². The standard InChI is InChI=1S/C14H20F3NOS/c1-6-9-7-10(20-11(9)8(2)3)12(19)18-13(4,5)14(15,16)17/h7-8H,6H2,1-5H3,(H,18,19). The van der Waals surface area contributed by atoms with E-state index in [-0.39, 0.29) is 5.92 Å². The summed E-state index contributed by atoms with van der Waals surface area (Å²) in [5, 5.41) is 2.06. The van der Waals surface area contributed by atoms with Gasteiger partial charge in [0.1, 0.15) is 5.54 Å². The number of aryl methyl sites for hydroxylation is 1. The largest absolute Gasteiger partial charge is 0.410 e. The van der Waals surface area contributed by atoms with Crippen molar-refractivity contribution >= 4 is 17.2 Å². The Bertz CT molecular complexity index is 489. The first-order valence-electron chi connectivity index (χ1n) is 6.51. The molecular formula is C14H20F3NOS. The molecule has 114 valence electrons. The summed E-state index contributed by atoms with van der Waals surface area (Å²) in [6.07, 6.45) is -3.71. The molecule has 0 aliphatic rings. The average molecular weight is 307 g/mol. The van der Waals surface area contributed by atoms with Crippen LogP contribution in [-0.2, 0) is 6.42 Å². The van der Waals surface area contributed by atoms with Crippen LogP contribution in [0.5, 0.6) is 0 Å². The molecule has 0 fully saturated rings. The molecule has 0 unspecified atom stereocenters. The quantitative estimate of drug-likeness (QED) is 0.871. The van der Waals surface area contributed by atoms with Crippen LogP contribution < -0.4 is 5.32 Å². The number of nitrogens with one attached hydrogen (secondary N) is 1. The smallest absolute Gasteiger partial charge is 0.338 e. The number of halogens is 3. The van der Waals surface area contributed by atoms with E-state index in [4.69, 9.17) is 0 Å². The van der Waals surface area contributed by atoms with E-state index in [1.807, 2.05) is 20.8 Å². The van der Waals surface area contributed by atoms with Crippen molar-refractivity contribution in [2.45, 2.75) is 58.7 Å². The number of rotatable bonds is 4. The van der Waals surface area contributed by atoms with Crippen molar-refractivity contribution in [3.63, 3.8) is 0 Å². The Morgan fingerprint density at radius 2 is 1.90 bits per heavy atom. The molecule has 1 N–H and O–H groups in total. The van der Waals surface area contributed by atoms with Crippen LogP contribution in [0.3, 0.4) is 0 Å². The van der Waals surface area contributed by atoms with Crippen LogP contribution in [0.25, 0.3) is 0 Å². The van der Waals surface area contributed by atoms with Gasteiger partial charge in [-0.25, -0.2) is 0 Å². The van der Waals surface area contributed by atoms with Crippen LogP contribution in [-0.4, -0.2) is 17.6 Å². The summed E-state index contributed by atoms with van der Waals surface area (Å²) in [5.74, 6) is -0.411. The van der Waals surface area contributed by atoms with Crippen LogP contribution in [0, 0.1) is 0 Å². The third kappa shape index (κ3) is 3.53. The van der Waals surface area contributed by atoms with E-state index in [1.165, 1.54) is 11.3 Å². The van der Waals surface area contributed by atoms with Crippen molar-refractivity contribution in [1.29, 1.82) is 0 Å². The molecule has 0 radical (unpaired) electrons. The van der Waals surface area contributed by atoms with Gasteiger partial charge < -0.3 is 5.32 Å². The Balaban J connectivity index is 3.00. The highest BCUT2D eigenvalue weighted by Crippen LogP contribution is 2.32. The van der Waals surface area contributed by atoms with Crippen molar-refractivity contribution in [3.8, 4) is 0 Å². The molecule has 6 heteroatoms. The molecule has 1 heterocycles. The fourth-order valence-electron chi connectivity index (χ4n) is 1.74. The highest BCUT2D eigenvalue weighted by Gasteiger charge is 2.48. The molecule has 0 saturated heterocycles. The average Bonchev–Trinajstić information content (AvgIpc) is 2.70. The van der Waals surface area contributed by atoms with Crippen LogP contribution in [0.2, 0.25) is 0 Å². The van der Waals surface area contributed by atoms with Crippen molar-refractivity contribution in [1.82, 2.24) is 5.32 Å². The number of carbonyl (C=O) groups excluding carboxylic acids is 1. The van der Waals surface area contributed by atoms with E-state index < -0.39 is 17.6 Å². The van der Waals surface area contributed by atoms with Gasteiger partial charge in [0.15, 0.2) is 0 Å².